The Morgan fingerprint density at radius 1 is 1.08 bits per heavy atom. The Hall–Kier alpha value is -2.02. The number of nitrogens with zero attached hydrogens (tertiary/aromatic N) is 2. The summed E-state index contributed by atoms with van der Waals surface area (Å²) >= 11 is 0. The molecule has 24 heavy (non-hydrogen) atoms. The van der Waals surface area contributed by atoms with Crippen LogP contribution >= 0.6 is 0 Å². The summed E-state index contributed by atoms with van der Waals surface area (Å²) in [7, 11) is 0. The number of benzene rings is 1. The van der Waals surface area contributed by atoms with Gasteiger partial charge >= 0.3 is 0 Å². The minimum absolute atomic E-state index is 0.145. The van der Waals surface area contributed by atoms with Gasteiger partial charge in [0.15, 0.2) is 0 Å². The summed E-state index contributed by atoms with van der Waals surface area (Å²) < 4.78 is 27.4. The van der Waals surface area contributed by atoms with Crippen LogP contribution in [0.3, 0.4) is 0 Å². The van der Waals surface area contributed by atoms with Gasteiger partial charge in [0.05, 0.1) is 6.04 Å². The van der Waals surface area contributed by atoms with E-state index in [-0.39, 0.29) is 19.0 Å². The number of carbonyl (C=O) groups is 2. The Morgan fingerprint density at radius 2 is 1.58 bits per heavy atom. The molecular weight excluding hydrogens is 316 g/mol. The average molecular weight is 339 g/mol. The predicted octanol–water partition coefficient (Wildman–Crippen LogP) is 1.62. The molecule has 0 radical (unpaired) electrons. The zero-order valence-corrected chi connectivity index (χ0v) is 14.0. The monoisotopic (exact) mass is 339 g/mol. The zero-order chi connectivity index (χ0) is 17.9. The van der Waals surface area contributed by atoms with Crippen molar-refractivity contribution >= 4 is 11.8 Å². The standard InChI is InChI=1S/C17H23F2N3O2/c1-11(2)10-14(20)16(23)21-6-8-22(9-7-21)17(24)15-12(18)4-3-5-13(15)19/h3-5,11,14H,6-10,20H2,1-2H3/t14-/m0/s1. The van der Waals surface area contributed by atoms with Gasteiger partial charge in [0, 0.05) is 26.2 Å². The van der Waals surface area contributed by atoms with Gasteiger partial charge in [0.25, 0.3) is 5.91 Å². The maximum Gasteiger partial charge on any atom is 0.259 e. The summed E-state index contributed by atoms with van der Waals surface area (Å²) in [6.45, 7) is 5.07. The molecule has 132 valence electrons. The quantitative estimate of drug-likeness (QED) is 0.906. The van der Waals surface area contributed by atoms with E-state index in [2.05, 4.69) is 0 Å². The van der Waals surface area contributed by atoms with Gasteiger partial charge < -0.3 is 15.5 Å². The van der Waals surface area contributed by atoms with Crippen LogP contribution < -0.4 is 5.73 Å². The molecule has 1 aliphatic rings. The first-order valence-corrected chi connectivity index (χ1v) is 8.09. The van der Waals surface area contributed by atoms with Gasteiger partial charge in [-0.3, -0.25) is 9.59 Å². The highest BCUT2D eigenvalue weighted by Gasteiger charge is 2.29. The Bertz CT molecular complexity index is 594. The molecule has 7 heteroatoms. The van der Waals surface area contributed by atoms with Crippen molar-refractivity contribution in [2.45, 2.75) is 26.3 Å². The summed E-state index contributed by atoms with van der Waals surface area (Å²) in [6, 6.07) is 2.77. The lowest BCUT2D eigenvalue weighted by Gasteiger charge is -2.36. The van der Waals surface area contributed by atoms with Crippen molar-refractivity contribution in [3.05, 3.63) is 35.4 Å². The lowest BCUT2D eigenvalue weighted by atomic mass is 10.0. The van der Waals surface area contributed by atoms with Crippen LogP contribution in [0.4, 0.5) is 8.78 Å². The van der Waals surface area contributed by atoms with Gasteiger partial charge in [-0.1, -0.05) is 19.9 Å². The molecule has 1 heterocycles. The van der Waals surface area contributed by atoms with E-state index in [1.165, 1.54) is 11.0 Å². The van der Waals surface area contributed by atoms with Crippen LogP contribution in [-0.4, -0.2) is 53.8 Å². The van der Waals surface area contributed by atoms with Gasteiger partial charge in [-0.25, -0.2) is 8.78 Å². The van der Waals surface area contributed by atoms with Gasteiger partial charge in [-0.05, 0) is 24.5 Å². The minimum atomic E-state index is -0.877. The van der Waals surface area contributed by atoms with E-state index in [0.29, 0.717) is 25.4 Å². The van der Waals surface area contributed by atoms with Crippen LogP contribution in [0, 0.1) is 17.6 Å². The highest BCUT2D eigenvalue weighted by molar-refractivity contribution is 5.95. The van der Waals surface area contributed by atoms with Crippen LogP contribution in [0.2, 0.25) is 0 Å². The third-order valence-electron chi connectivity index (χ3n) is 4.10. The summed E-state index contributed by atoms with van der Waals surface area (Å²) in [5, 5.41) is 0. The van der Waals surface area contributed by atoms with E-state index in [0.717, 1.165) is 12.1 Å². The molecule has 1 saturated heterocycles. The molecule has 5 nitrogen and oxygen atoms in total. The molecule has 0 bridgehead atoms. The molecule has 1 aromatic rings. The summed E-state index contributed by atoms with van der Waals surface area (Å²) in [4.78, 5) is 27.5. The van der Waals surface area contributed by atoms with E-state index in [1.54, 1.807) is 4.90 Å². The van der Waals surface area contributed by atoms with Crippen molar-refractivity contribution in [2.24, 2.45) is 11.7 Å². The van der Waals surface area contributed by atoms with Crippen molar-refractivity contribution in [3.63, 3.8) is 0 Å². The van der Waals surface area contributed by atoms with Crippen LogP contribution in [0.1, 0.15) is 30.6 Å². The molecule has 0 aliphatic carbocycles. The molecule has 1 fully saturated rings. The molecule has 2 rings (SSSR count). The number of hydrogen-bond acceptors (Lipinski definition) is 3. The Balaban J connectivity index is 1.97. The number of nitrogens with two attached hydrogens (primary N) is 1. The number of hydrogen-bond donors (Lipinski definition) is 1. The fraction of sp³-hybridized carbons (Fsp3) is 0.529. The average Bonchev–Trinajstić information content (AvgIpc) is 2.53. The molecule has 1 aliphatic heterocycles. The van der Waals surface area contributed by atoms with Crippen molar-refractivity contribution in [2.75, 3.05) is 26.2 Å². The first-order chi connectivity index (χ1) is 11.3. The van der Waals surface area contributed by atoms with Crippen molar-refractivity contribution in [3.8, 4) is 0 Å². The lowest BCUT2D eigenvalue weighted by Crippen LogP contribution is -2.54. The van der Waals surface area contributed by atoms with Crippen molar-refractivity contribution < 1.29 is 18.4 Å². The number of rotatable bonds is 4. The lowest BCUT2D eigenvalue weighted by molar-refractivity contribution is -0.134. The molecule has 0 spiro atoms. The summed E-state index contributed by atoms with van der Waals surface area (Å²) in [5.74, 6) is -2.28. The molecule has 2 amide bonds. The van der Waals surface area contributed by atoms with Crippen molar-refractivity contribution in [1.82, 2.24) is 9.80 Å². The Kier molecular flexibility index (Phi) is 5.88. The molecule has 0 saturated carbocycles. The molecular formula is C17H23F2N3O2. The number of carbonyl (C=O) groups excluding carboxylic acids is 2. The van der Waals surface area contributed by atoms with E-state index in [9.17, 15) is 18.4 Å². The van der Waals surface area contributed by atoms with Crippen molar-refractivity contribution in [1.29, 1.82) is 0 Å². The maximum absolute atomic E-state index is 13.7. The number of piperazine rings is 1. The van der Waals surface area contributed by atoms with Gasteiger partial charge in [0.2, 0.25) is 5.91 Å². The van der Waals surface area contributed by atoms with Crippen LogP contribution in [-0.2, 0) is 4.79 Å². The number of halogens is 2. The third-order valence-corrected chi connectivity index (χ3v) is 4.10. The SMILES string of the molecule is CC(C)C[C@H](N)C(=O)N1CCN(C(=O)c2c(F)cccc2F)CC1. The second kappa shape index (κ2) is 7.70. The van der Waals surface area contributed by atoms with Gasteiger partial charge in [-0.15, -0.1) is 0 Å². The highest BCUT2D eigenvalue weighted by atomic mass is 19.1. The normalized spacial score (nSPS) is 16.4. The molecule has 0 unspecified atom stereocenters. The first kappa shape index (κ1) is 18.3. The topological polar surface area (TPSA) is 66.6 Å². The maximum atomic E-state index is 13.7. The Labute approximate surface area is 140 Å². The van der Waals surface area contributed by atoms with Crippen LogP contribution in [0.15, 0.2) is 18.2 Å². The third kappa shape index (κ3) is 4.08. The van der Waals surface area contributed by atoms with Gasteiger partial charge in [0.1, 0.15) is 17.2 Å². The molecule has 0 aromatic heterocycles. The van der Waals surface area contributed by atoms with E-state index >= 15 is 0 Å². The van der Waals surface area contributed by atoms with Crippen LogP contribution in [0.5, 0.6) is 0 Å². The molecule has 1 atom stereocenters. The largest absolute Gasteiger partial charge is 0.338 e. The summed E-state index contributed by atoms with van der Waals surface area (Å²) in [5.41, 5.74) is 5.36. The smallest absolute Gasteiger partial charge is 0.259 e. The van der Waals surface area contributed by atoms with E-state index in [4.69, 9.17) is 5.73 Å². The first-order valence-electron chi connectivity index (χ1n) is 8.09. The second-order valence-corrected chi connectivity index (χ2v) is 6.45. The molecule has 1 aromatic carbocycles. The zero-order valence-electron chi connectivity index (χ0n) is 14.0. The number of amides is 2. The predicted molar refractivity (Wildman–Crippen MR) is 86.3 cm³/mol. The fourth-order valence-electron chi connectivity index (χ4n) is 2.83. The van der Waals surface area contributed by atoms with E-state index in [1.807, 2.05) is 13.8 Å². The summed E-state index contributed by atoms with van der Waals surface area (Å²) in [6.07, 6.45) is 0.596. The van der Waals surface area contributed by atoms with Gasteiger partial charge in [-0.2, -0.15) is 0 Å². The molecule has 2 N–H and O–H groups in total. The fourth-order valence-corrected chi connectivity index (χ4v) is 2.83. The van der Waals surface area contributed by atoms with E-state index < -0.39 is 29.1 Å². The Morgan fingerprint density at radius 3 is 2.08 bits per heavy atom. The highest BCUT2D eigenvalue weighted by Crippen LogP contribution is 2.16. The minimum Gasteiger partial charge on any atom is -0.338 e. The second-order valence-electron chi connectivity index (χ2n) is 6.45. The van der Waals surface area contributed by atoms with Crippen LogP contribution in [0.25, 0.3) is 0 Å².